The minimum absolute atomic E-state index is 0.156. The van der Waals surface area contributed by atoms with Crippen LogP contribution in [0.2, 0.25) is 0 Å². The molecule has 1 heterocycles. The van der Waals surface area contributed by atoms with Crippen molar-refractivity contribution in [2.75, 3.05) is 41.7 Å². The molecular weight excluding hydrogens is 498 g/mol. The minimum Gasteiger partial charge on any atom is -0.367 e. The van der Waals surface area contributed by atoms with Crippen molar-refractivity contribution >= 4 is 29.0 Å². The van der Waals surface area contributed by atoms with Gasteiger partial charge in [-0.05, 0) is 66.4 Å². The molecule has 0 aliphatic carbocycles. The highest BCUT2D eigenvalue weighted by molar-refractivity contribution is 6.03. The first-order valence-corrected chi connectivity index (χ1v) is 13.6. The first kappa shape index (κ1) is 27.0. The maximum atomic E-state index is 13.0. The van der Waals surface area contributed by atoms with Crippen LogP contribution < -0.4 is 21.3 Å². The number of nitrogens with zero attached hydrogens (tertiary/aromatic N) is 2. The van der Waals surface area contributed by atoms with E-state index in [2.05, 4.69) is 75.0 Å². The summed E-state index contributed by atoms with van der Waals surface area (Å²) in [7, 11) is 0. The number of nitrogens with one attached hydrogen (secondary N) is 2. The highest BCUT2D eigenvalue weighted by atomic mass is 16.2. The Morgan fingerprint density at radius 2 is 1.30 bits per heavy atom. The van der Waals surface area contributed by atoms with E-state index in [0.29, 0.717) is 16.9 Å². The second kappa shape index (κ2) is 12.1. The number of primary amides is 1. The maximum Gasteiger partial charge on any atom is 0.323 e. The molecule has 0 bridgehead atoms. The summed E-state index contributed by atoms with van der Waals surface area (Å²) in [5.41, 5.74) is 12.7. The third-order valence-electron chi connectivity index (χ3n) is 7.26. The monoisotopic (exact) mass is 533 g/mol. The van der Waals surface area contributed by atoms with E-state index in [1.807, 2.05) is 44.2 Å². The number of anilines is 3. The van der Waals surface area contributed by atoms with Crippen molar-refractivity contribution < 1.29 is 9.59 Å². The number of piperazine rings is 1. The van der Waals surface area contributed by atoms with Gasteiger partial charge in [-0.3, -0.25) is 9.69 Å². The number of aryl methyl sites for hydroxylation is 2. The number of carbonyl (C=O) groups excluding carboxylic acids is 2. The molecule has 7 nitrogen and oxygen atoms in total. The number of amides is 3. The number of urea groups is 1. The van der Waals surface area contributed by atoms with E-state index >= 15 is 0 Å². The Kier molecular flexibility index (Phi) is 8.12. The van der Waals surface area contributed by atoms with Gasteiger partial charge in [0, 0.05) is 37.4 Å². The predicted octanol–water partition coefficient (Wildman–Crippen LogP) is 5.96. The number of carbonyl (C=O) groups is 2. The maximum absolute atomic E-state index is 13.0. The van der Waals surface area contributed by atoms with Crippen LogP contribution in [0, 0.1) is 13.8 Å². The van der Waals surface area contributed by atoms with Crippen LogP contribution in [0.4, 0.5) is 21.9 Å². The first-order valence-electron chi connectivity index (χ1n) is 13.6. The van der Waals surface area contributed by atoms with Crippen LogP contribution in [0.15, 0.2) is 97.1 Å². The number of benzene rings is 4. The van der Waals surface area contributed by atoms with Crippen LogP contribution in [0.1, 0.15) is 38.7 Å². The van der Waals surface area contributed by atoms with Gasteiger partial charge in [0.1, 0.15) is 0 Å². The van der Waals surface area contributed by atoms with E-state index in [1.54, 1.807) is 12.1 Å². The molecule has 0 radical (unpaired) electrons. The Bertz CT molecular complexity index is 1420. The van der Waals surface area contributed by atoms with Crippen molar-refractivity contribution in [2.24, 2.45) is 5.73 Å². The van der Waals surface area contributed by atoms with Gasteiger partial charge in [0.15, 0.2) is 0 Å². The topological polar surface area (TPSA) is 90.7 Å². The normalized spacial score (nSPS) is 13.7. The van der Waals surface area contributed by atoms with Gasteiger partial charge in [0.25, 0.3) is 0 Å². The molecule has 1 fully saturated rings. The van der Waals surface area contributed by atoms with Crippen molar-refractivity contribution in [1.82, 2.24) is 4.90 Å². The van der Waals surface area contributed by atoms with Crippen LogP contribution in [-0.4, -0.2) is 43.0 Å². The third-order valence-corrected chi connectivity index (χ3v) is 7.26. The molecule has 1 aliphatic rings. The molecule has 204 valence electrons. The molecule has 1 saturated heterocycles. The van der Waals surface area contributed by atoms with E-state index in [9.17, 15) is 9.59 Å². The van der Waals surface area contributed by atoms with Gasteiger partial charge in [0.2, 0.25) is 5.91 Å². The molecule has 0 aromatic heterocycles. The van der Waals surface area contributed by atoms with Crippen LogP contribution in [0.25, 0.3) is 0 Å². The Balaban J connectivity index is 1.35. The summed E-state index contributed by atoms with van der Waals surface area (Å²) in [5, 5.41) is 5.88. The summed E-state index contributed by atoms with van der Waals surface area (Å²) in [4.78, 5) is 29.7. The zero-order valence-corrected chi connectivity index (χ0v) is 22.9. The van der Waals surface area contributed by atoms with Crippen LogP contribution in [0.3, 0.4) is 0 Å². The number of rotatable bonds is 7. The van der Waals surface area contributed by atoms with Crippen molar-refractivity contribution in [1.29, 1.82) is 0 Å². The summed E-state index contributed by atoms with van der Waals surface area (Å²) < 4.78 is 0. The van der Waals surface area contributed by atoms with E-state index in [0.717, 1.165) is 43.0 Å². The molecule has 0 spiro atoms. The van der Waals surface area contributed by atoms with Crippen molar-refractivity contribution in [3.05, 3.63) is 125 Å². The van der Waals surface area contributed by atoms with E-state index < -0.39 is 5.91 Å². The molecule has 4 N–H and O–H groups in total. The van der Waals surface area contributed by atoms with E-state index in [1.165, 1.54) is 11.1 Å². The van der Waals surface area contributed by atoms with Crippen molar-refractivity contribution in [3.63, 3.8) is 0 Å². The zero-order chi connectivity index (χ0) is 28.1. The molecule has 4 aromatic carbocycles. The third kappa shape index (κ3) is 6.33. The second-order valence-corrected chi connectivity index (χ2v) is 10.3. The van der Waals surface area contributed by atoms with Gasteiger partial charge < -0.3 is 21.3 Å². The molecule has 4 aromatic rings. The Morgan fingerprint density at radius 1 is 0.725 bits per heavy atom. The van der Waals surface area contributed by atoms with Crippen molar-refractivity contribution in [2.45, 2.75) is 19.9 Å². The number of hydrogen-bond donors (Lipinski definition) is 3. The highest BCUT2D eigenvalue weighted by Gasteiger charge is 2.27. The molecular formula is C33H35N5O2. The van der Waals surface area contributed by atoms with E-state index in [-0.39, 0.29) is 12.1 Å². The molecule has 3 amide bonds. The lowest BCUT2D eigenvalue weighted by molar-refractivity contribution is 0.1000. The summed E-state index contributed by atoms with van der Waals surface area (Å²) >= 11 is 0. The lowest BCUT2D eigenvalue weighted by Crippen LogP contribution is -2.48. The van der Waals surface area contributed by atoms with Gasteiger partial charge in [-0.15, -0.1) is 0 Å². The van der Waals surface area contributed by atoms with Crippen LogP contribution in [-0.2, 0) is 0 Å². The van der Waals surface area contributed by atoms with Gasteiger partial charge in [-0.2, -0.15) is 0 Å². The smallest absolute Gasteiger partial charge is 0.323 e. The summed E-state index contributed by atoms with van der Waals surface area (Å²) in [5.74, 6) is -0.539. The Morgan fingerprint density at radius 3 is 1.85 bits per heavy atom. The summed E-state index contributed by atoms with van der Waals surface area (Å²) in [6.07, 6.45) is 0. The lowest BCUT2D eigenvalue weighted by atomic mass is 9.96. The zero-order valence-electron chi connectivity index (χ0n) is 22.9. The SMILES string of the molecule is Cc1cc(C)cc(NC(=O)Nc2cc(C(N)=O)ccc2N2CCN(C(c3ccccc3)c3ccccc3)CC2)c1. The van der Waals surface area contributed by atoms with Gasteiger partial charge >= 0.3 is 6.03 Å². The largest absolute Gasteiger partial charge is 0.367 e. The molecule has 1 aliphatic heterocycles. The average Bonchev–Trinajstić information content (AvgIpc) is 2.94. The van der Waals surface area contributed by atoms with Gasteiger partial charge in [-0.1, -0.05) is 66.7 Å². The predicted molar refractivity (Wildman–Crippen MR) is 162 cm³/mol. The standard InChI is InChI=1S/C33H35N5O2/c1-23-19-24(2)21-28(20-23)35-33(40)36-29-22-27(32(34)39)13-14-30(29)37-15-17-38(18-16-37)31(25-9-5-3-6-10-25)26-11-7-4-8-12-26/h3-14,19-22,31H,15-18H2,1-2H3,(H2,34,39)(H2,35,36,40). The molecule has 7 heteroatoms. The Labute approximate surface area is 235 Å². The lowest BCUT2D eigenvalue weighted by Gasteiger charge is -2.41. The summed E-state index contributed by atoms with van der Waals surface area (Å²) in [6, 6.07) is 32.1. The molecule has 0 saturated carbocycles. The highest BCUT2D eigenvalue weighted by Crippen LogP contribution is 2.33. The average molecular weight is 534 g/mol. The first-order chi connectivity index (χ1) is 19.4. The fraction of sp³-hybridized carbons (Fsp3) is 0.212. The van der Waals surface area contributed by atoms with Gasteiger partial charge in [-0.25, -0.2) is 4.79 Å². The minimum atomic E-state index is -0.539. The molecule has 0 atom stereocenters. The number of nitrogens with two attached hydrogens (primary N) is 1. The fourth-order valence-electron chi connectivity index (χ4n) is 5.50. The molecule has 0 unspecified atom stereocenters. The van der Waals surface area contributed by atoms with Crippen LogP contribution >= 0.6 is 0 Å². The van der Waals surface area contributed by atoms with Crippen molar-refractivity contribution in [3.8, 4) is 0 Å². The summed E-state index contributed by atoms with van der Waals surface area (Å²) in [6.45, 7) is 7.17. The van der Waals surface area contributed by atoms with Gasteiger partial charge in [0.05, 0.1) is 17.4 Å². The van der Waals surface area contributed by atoms with Crippen LogP contribution in [0.5, 0.6) is 0 Å². The Hall–Kier alpha value is -4.62. The molecule has 40 heavy (non-hydrogen) atoms. The second-order valence-electron chi connectivity index (χ2n) is 10.3. The molecule has 5 rings (SSSR count). The fourth-order valence-corrected chi connectivity index (χ4v) is 5.50. The quantitative estimate of drug-likeness (QED) is 0.274. The van der Waals surface area contributed by atoms with E-state index in [4.69, 9.17) is 5.73 Å². The number of hydrogen-bond acceptors (Lipinski definition) is 4.